The van der Waals surface area contributed by atoms with E-state index in [4.69, 9.17) is 15.2 Å². The number of ether oxygens (including phenoxy) is 2. The highest BCUT2D eigenvalue weighted by Gasteiger charge is 2.26. The van der Waals surface area contributed by atoms with E-state index in [1.54, 1.807) is 11.8 Å². The number of amides is 2. The molecule has 0 spiro atoms. The third-order valence-corrected chi connectivity index (χ3v) is 3.86. The lowest BCUT2D eigenvalue weighted by atomic mass is 10.1. The van der Waals surface area contributed by atoms with Crippen LogP contribution in [0, 0.1) is 0 Å². The number of rotatable bonds is 5. The van der Waals surface area contributed by atoms with Crippen LogP contribution in [0.1, 0.15) is 54.4 Å². The maximum Gasteiger partial charge on any atom is 0.409 e. The summed E-state index contributed by atoms with van der Waals surface area (Å²) in [5, 5.41) is 5.97. The van der Waals surface area contributed by atoms with Crippen LogP contribution >= 0.6 is 0 Å². The molecule has 1 fully saturated rings. The van der Waals surface area contributed by atoms with Crippen molar-refractivity contribution in [1.82, 2.24) is 15.5 Å². The summed E-state index contributed by atoms with van der Waals surface area (Å²) in [6, 6.07) is 0.154. The number of piperidine rings is 1. The minimum atomic E-state index is -0.595. The van der Waals surface area contributed by atoms with E-state index in [1.165, 1.54) is 0 Å². The second kappa shape index (κ2) is 9.66. The predicted molar refractivity (Wildman–Crippen MR) is 105 cm³/mol. The Balaban J connectivity index is 2.42. The van der Waals surface area contributed by atoms with Crippen LogP contribution in [0.15, 0.2) is 4.99 Å². The van der Waals surface area contributed by atoms with Crippen LogP contribution in [0.4, 0.5) is 9.59 Å². The molecule has 2 amide bonds. The van der Waals surface area contributed by atoms with Crippen molar-refractivity contribution in [3.05, 3.63) is 0 Å². The summed E-state index contributed by atoms with van der Waals surface area (Å²) >= 11 is 0. The molecule has 1 aliphatic heterocycles. The number of likely N-dealkylation sites (tertiary alicyclic amines) is 1. The minimum Gasteiger partial charge on any atom is -0.450 e. The van der Waals surface area contributed by atoms with Gasteiger partial charge in [0.15, 0.2) is 5.96 Å². The molecule has 4 N–H and O–H groups in total. The van der Waals surface area contributed by atoms with Crippen molar-refractivity contribution in [2.75, 3.05) is 26.2 Å². The second-order valence-electron chi connectivity index (χ2n) is 8.32. The van der Waals surface area contributed by atoms with Gasteiger partial charge in [0.25, 0.3) is 0 Å². The maximum absolute atomic E-state index is 11.9. The van der Waals surface area contributed by atoms with Crippen molar-refractivity contribution in [2.24, 2.45) is 10.7 Å². The van der Waals surface area contributed by atoms with Crippen LogP contribution in [0.5, 0.6) is 0 Å². The molecule has 0 aromatic carbocycles. The fourth-order valence-corrected chi connectivity index (χ4v) is 2.58. The lowest BCUT2D eigenvalue weighted by Gasteiger charge is -2.32. The van der Waals surface area contributed by atoms with Crippen molar-refractivity contribution in [1.29, 1.82) is 0 Å². The third kappa shape index (κ3) is 9.35. The summed E-state index contributed by atoms with van der Waals surface area (Å²) in [6.45, 7) is 12.9. The highest BCUT2D eigenvalue weighted by atomic mass is 16.6. The van der Waals surface area contributed by atoms with Crippen molar-refractivity contribution in [3.8, 4) is 0 Å². The van der Waals surface area contributed by atoms with Crippen LogP contribution in [0.25, 0.3) is 0 Å². The molecule has 0 aromatic rings. The van der Waals surface area contributed by atoms with Crippen LogP contribution in [-0.2, 0) is 9.47 Å². The molecule has 1 aliphatic rings. The number of alkyl carbamates (subject to hydrolysis) is 1. The van der Waals surface area contributed by atoms with Gasteiger partial charge in [-0.15, -0.1) is 0 Å². The first kappa shape index (κ1) is 22.9. The summed E-state index contributed by atoms with van der Waals surface area (Å²) in [6.07, 6.45) is 0.788. The zero-order valence-electron chi connectivity index (χ0n) is 17.4. The van der Waals surface area contributed by atoms with Gasteiger partial charge in [0, 0.05) is 19.1 Å². The number of guanidine groups is 1. The average Bonchev–Trinajstić information content (AvgIpc) is 2.51. The van der Waals surface area contributed by atoms with Gasteiger partial charge in [0.05, 0.1) is 18.7 Å². The van der Waals surface area contributed by atoms with Gasteiger partial charge in [0.2, 0.25) is 0 Å². The Morgan fingerprint density at radius 2 is 1.78 bits per heavy atom. The van der Waals surface area contributed by atoms with Gasteiger partial charge < -0.3 is 30.7 Å². The van der Waals surface area contributed by atoms with Gasteiger partial charge in [-0.05, 0) is 54.4 Å². The molecule has 0 atom stereocenters. The molecule has 0 unspecified atom stereocenters. The monoisotopic (exact) mass is 385 g/mol. The first-order valence-corrected chi connectivity index (χ1v) is 9.41. The van der Waals surface area contributed by atoms with Crippen molar-refractivity contribution in [3.63, 3.8) is 0 Å². The largest absolute Gasteiger partial charge is 0.450 e. The van der Waals surface area contributed by atoms with Crippen molar-refractivity contribution >= 4 is 18.1 Å². The SMILES string of the molecule is CCOC(=O)N1CCC(NC(N)=NCC(C)(C)NC(=O)OC(C)(C)C)CC1. The normalized spacial score (nSPS) is 16.7. The number of nitrogens with one attached hydrogen (secondary N) is 2. The quantitative estimate of drug-likeness (QED) is 0.491. The number of carbonyl (C=O) groups excluding carboxylic acids is 2. The number of hydrogen-bond donors (Lipinski definition) is 3. The summed E-state index contributed by atoms with van der Waals surface area (Å²) in [4.78, 5) is 29.6. The van der Waals surface area contributed by atoms with E-state index in [9.17, 15) is 9.59 Å². The zero-order valence-corrected chi connectivity index (χ0v) is 17.4. The van der Waals surface area contributed by atoms with Crippen molar-refractivity contribution < 1.29 is 19.1 Å². The van der Waals surface area contributed by atoms with Gasteiger partial charge in [-0.25, -0.2) is 9.59 Å². The summed E-state index contributed by atoms with van der Waals surface area (Å²) in [5.41, 5.74) is 4.83. The number of carbonyl (C=O) groups is 2. The van der Waals surface area contributed by atoms with Crippen LogP contribution in [-0.4, -0.2) is 66.5 Å². The Morgan fingerprint density at radius 3 is 2.30 bits per heavy atom. The molecule has 0 radical (unpaired) electrons. The van der Waals surface area contributed by atoms with E-state index >= 15 is 0 Å². The molecule has 1 heterocycles. The first-order valence-electron chi connectivity index (χ1n) is 9.41. The van der Waals surface area contributed by atoms with Crippen molar-refractivity contribution in [2.45, 2.75) is 71.6 Å². The zero-order chi connectivity index (χ0) is 20.7. The second-order valence-corrected chi connectivity index (χ2v) is 8.32. The summed E-state index contributed by atoms with van der Waals surface area (Å²) in [5.74, 6) is 0.323. The van der Waals surface area contributed by atoms with E-state index in [-0.39, 0.29) is 12.1 Å². The topological polar surface area (TPSA) is 118 Å². The maximum atomic E-state index is 11.9. The van der Waals surface area contributed by atoms with E-state index in [0.717, 1.165) is 12.8 Å². The summed E-state index contributed by atoms with van der Waals surface area (Å²) in [7, 11) is 0. The molecular formula is C18H35N5O4. The molecule has 0 aliphatic carbocycles. The lowest BCUT2D eigenvalue weighted by Crippen LogP contribution is -2.50. The number of nitrogens with two attached hydrogens (primary N) is 1. The Kier molecular flexibility index (Phi) is 8.18. The summed E-state index contributed by atoms with van der Waals surface area (Å²) < 4.78 is 10.3. The lowest BCUT2D eigenvalue weighted by molar-refractivity contribution is 0.0476. The van der Waals surface area contributed by atoms with Gasteiger partial charge in [0.1, 0.15) is 5.60 Å². The van der Waals surface area contributed by atoms with Gasteiger partial charge in [-0.3, -0.25) is 4.99 Å². The molecule has 0 saturated carbocycles. The number of nitrogens with zero attached hydrogens (tertiary/aromatic N) is 2. The smallest absolute Gasteiger partial charge is 0.409 e. The molecule has 9 nitrogen and oxygen atoms in total. The first-order chi connectivity index (χ1) is 12.4. The molecule has 1 saturated heterocycles. The Labute approximate surface area is 162 Å². The molecule has 1 rings (SSSR count). The van der Waals surface area contributed by atoms with Crippen LogP contribution in [0.2, 0.25) is 0 Å². The Hall–Kier alpha value is -2.19. The standard InChI is InChI=1S/C18H35N5O4/c1-7-26-16(25)23-10-8-13(9-11-23)21-14(19)20-12-18(5,6)22-15(24)27-17(2,3)4/h13H,7-12H2,1-6H3,(H,22,24)(H3,19,20,21). The van der Waals surface area contributed by atoms with Gasteiger partial charge in [-0.2, -0.15) is 0 Å². The average molecular weight is 386 g/mol. The molecular weight excluding hydrogens is 350 g/mol. The van der Waals surface area contributed by atoms with Crippen LogP contribution < -0.4 is 16.4 Å². The minimum absolute atomic E-state index is 0.154. The van der Waals surface area contributed by atoms with E-state index in [2.05, 4.69) is 15.6 Å². The Morgan fingerprint density at radius 1 is 1.19 bits per heavy atom. The number of aliphatic imine (C=N–C) groups is 1. The third-order valence-electron chi connectivity index (χ3n) is 3.86. The van der Waals surface area contributed by atoms with E-state index in [1.807, 2.05) is 34.6 Å². The Bertz CT molecular complexity index is 534. The fourth-order valence-electron chi connectivity index (χ4n) is 2.58. The van der Waals surface area contributed by atoms with E-state index in [0.29, 0.717) is 32.2 Å². The highest BCUT2D eigenvalue weighted by Crippen LogP contribution is 2.12. The fraction of sp³-hybridized carbons (Fsp3) is 0.833. The van der Waals surface area contributed by atoms with Crippen LogP contribution in [0.3, 0.4) is 0 Å². The predicted octanol–water partition coefficient (Wildman–Crippen LogP) is 1.81. The molecule has 156 valence electrons. The number of hydrogen-bond acceptors (Lipinski definition) is 5. The van der Waals surface area contributed by atoms with Gasteiger partial charge >= 0.3 is 12.2 Å². The highest BCUT2D eigenvalue weighted by molar-refractivity contribution is 5.78. The molecule has 0 aromatic heterocycles. The van der Waals surface area contributed by atoms with E-state index < -0.39 is 17.2 Å². The molecule has 27 heavy (non-hydrogen) atoms. The molecule has 0 bridgehead atoms. The van der Waals surface area contributed by atoms with Gasteiger partial charge in [-0.1, -0.05) is 0 Å². The molecule has 9 heteroatoms.